The minimum absolute atomic E-state index is 0.0248. The zero-order valence-electron chi connectivity index (χ0n) is 14.5. The van der Waals surface area contributed by atoms with E-state index in [1.165, 1.54) is 19.2 Å². The van der Waals surface area contributed by atoms with Crippen LogP contribution in [0, 0.1) is 5.82 Å². The molecule has 3 aromatic rings. The number of anilines is 1. The summed E-state index contributed by atoms with van der Waals surface area (Å²) >= 11 is 0. The number of nitrogens with one attached hydrogen (secondary N) is 1. The van der Waals surface area contributed by atoms with Crippen molar-refractivity contribution in [3.63, 3.8) is 0 Å². The van der Waals surface area contributed by atoms with E-state index in [2.05, 4.69) is 9.88 Å². The largest absolute Gasteiger partial charge is 0.494 e. The number of aromatic nitrogens is 1. The Morgan fingerprint density at radius 1 is 1.23 bits per heavy atom. The highest BCUT2D eigenvalue weighted by Crippen LogP contribution is 2.26. The van der Waals surface area contributed by atoms with Crippen molar-refractivity contribution in [1.29, 1.82) is 0 Å². The first-order valence-electron chi connectivity index (χ1n) is 7.69. The maximum atomic E-state index is 13.8. The molecule has 0 saturated heterocycles. The maximum absolute atomic E-state index is 13.8. The normalized spacial score (nSPS) is 11.9. The first-order chi connectivity index (χ1) is 12.3. The summed E-state index contributed by atoms with van der Waals surface area (Å²) in [5.74, 6) is -0.777. The summed E-state index contributed by atoms with van der Waals surface area (Å²) in [5, 5.41) is 4.71. The highest BCUT2D eigenvalue weighted by Gasteiger charge is 2.18. The Balaban J connectivity index is 1.93. The second-order valence-corrected chi connectivity index (χ2v) is 7.66. The van der Waals surface area contributed by atoms with Gasteiger partial charge in [0.25, 0.3) is 10.0 Å². The SMILES string of the molecule is COc1ccc(S(=O)(=O)Nc2ccc3onc(CN(C)C)c3c2)cc1F. The van der Waals surface area contributed by atoms with Crippen LogP contribution in [-0.4, -0.2) is 39.7 Å². The molecule has 0 unspecified atom stereocenters. The van der Waals surface area contributed by atoms with Crippen molar-refractivity contribution in [2.24, 2.45) is 0 Å². The van der Waals surface area contributed by atoms with Crippen LogP contribution in [0.25, 0.3) is 11.0 Å². The van der Waals surface area contributed by atoms with Crippen LogP contribution in [0.1, 0.15) is 5.69 Å². The molecule has 2 aromatic carbocycles. The Kier molecular flexibility index (Phi) is 4.84. The quantitative estimate of drug-likeness (QED) is 0.709. The Bertz CT molecular complexity index is 1050. The minimum Gasteiger partial charge on any atom is -0.494 e. The highest BCUT2D eigenvalue weighted by atomic mass is 32.2. The lowest BCUT2D eigenvalue weighted by atomic mass is 10.2. The van der Waals surface area contributed by atoms with Crippen molar-refractivity contribution < 1.29 is 22.1 Å². The van der Waals surface area contributed by atoms with Gasteiger partial charge < -0.3 is 14.2 Å². The number of sulfonamides is 1. The van der Waals surface area contributed by atoms with Crippen molar-refractivity contribution in [3.8, 4) is 5.75 Å². The van der Waals surface area contributed by atoms with Gasteiger partial charge >= 0.3 is 0 Å². The van der Waals surface area contributed by atoms with E-state index in [9.17, 15) is 12.8 Å². The molecule has 0 aliphatic carbocycles. The lowest BCUT2D eigenvalue weighted by Gasteiger charge is -2.10. The molecule has 1 aromatic heterocycles. The number of ether oxygens (including phenoxy) is 1. The molecule has 138 valence electrons. The zero-order chi connectivity index (χ0) is 18.9. The van der Waals surface area contributed by atoms with E-state index < -0.39 is 15.8 Å². The van der Waals surface area contributed by atoms with Crippen molar-refractivity contribution in [1.82, 2.24) is 10.1 Å². The molecule has 0 bridgehead atoms. The smallest absolute Gasteiger partial charge is 0.262 e. The number of benzene rings is 2. The van der Waals surface area contributed by atoms with E-state index in [4.69, 9.17) is 9.26 Å². The van der Waals surface area contributed by atoms with Gasteiger partial charge in [-0.3, -0.25) is 4.72 Å². The Morgan fingerprint density at radius 2 is 2.00 bits per heavy atom. The average molecular weight is 379 g/mol. The first kappa shape index (κ1) is 18.2. The second kappa shape index (κ2) is 6.93. The fraction of sp³-hybridized carbons (Fsp3) is 0.235. The van der Waals surface area contributed by atoms with Gasteiger partial charge in [0.15, 0.2) is 17.1 Å². The van der Waals surface area contributed by atoms with Crippen LogP contribution >= 0.6 is 0 Å². The van der Waals surface area contributed by atoms with Crippen LogP contribution in [0.4, 0.5) is 10.1 Å². The van der Waals surface area contributed by atoms with Crippen LogP contribution in [0.15, 0.2) is 45.8 Å². The van der Waals surface area contributed by atoms with E-state index >= 15 is 0 Å². The maximum Gasteiger partial charge on any atom is 0.262 e. The van der Waals surface area contributed by atoms with Crippen LogP contribution in [-0.2, 0) is 16.6 Å². The second-order valence-electron chi connectivity index (χ2n) is 5.98. The number of hydrogen-bond acceptors (Lipinski definition) is 6. The summed E-state index contributed by atoms with van der Waals surface area (Å²) in [4.78, 5) is 1.73. The molecule has 0 saturated carbocycles. The fourth-order valence-corrected chi connectivity index (χ4v) is 3.55. The summed E-state index contributed by atoms with van der Waals surface area (Å²) in [6.07, 6.45) is 0. The summed E-state index contributed by atoms with van der Waals surface area (Å²) in [6, 6.07) is 8.29. The van der Waals surface area contributed by atoms with Gasteiger partial charge in [-0.15, -0.1) is 0 Å². The zero-order valence-corrected chi connectivity index (χ0v) is 15.3. The van der Waals surface area contributed by atoms with E-state index in [0.29, 0.717) is 28.9 Å². The van der Waals surface area contributed by atoms with Gasteiger partial charge in [-0.1, -0.05) is 5.16 Å². The number of rotatable bonds is 6. The van der Waals surface area contributed by atoms with Crippen molar-refractivity contribution >= 4 is 26.7 Å². The van der Waals surface area contributed by atoms with Gasteiger partial charge in [0.1, 0.15) is 5.69 Å². The van der Waals surface area contributed by atoms with E-state index in [-0.39, 0.29) is 10.6 Å². The molecule has 26 heavy (non-hydrogen) atoms. The van der Waals surface area contributed by atoms with Gasteiger partial charge in [-0.25, -0.2) is 12.8 Å². The summed E-state index contributed by atoms with van der Waals surface area (Å²) in [7, 11) is 1.14. The van der Waals surface area contributed by atoms with Gasteiger partial charge in [0.2, 0.25) is 0 Å². The van der Waals surface area contributed by atoms with E-state index in [0.717, 1.165) is 6.07 Å². The number of nitrogens with zero attached hydrogens (tertiary/aromatic N) is 2. The van der Waals surface area contributed by atoms with Crippen molar-refractivity contribution in [2.45, 2.75) is 11.4 Å². The molecular formula is C17H18FN3O4S. The number of hydrogen-bond donors (Lipinski definition) is 1. The van der Waals surface area contributed by atoms with Crippen molar-refractivity contribution in [2.75, 3.05) is 25.9 Å². The third-order valence-corrected chi connectivity index (χ3v) is 5.08. The monoisotopic (exact) mass is 379 g/mol. The molecule has 0 radical (unpaired) electrons. The summed E-state index contributed by atoms with van der Waals surface area (Å²) < 4.78 is 51.4. The fourth-order valence-electron chi connectivity index (χ4n) is 2.49. The van der Waals surface area contributed by atoms with Gasteiger partial charge in [0, 0.05) is 17.6 Å². The van der Waals surface area contributed by atoms with Crippen LogP contribution in [0.5, 0.6) is 5.75 Å². The molecule has 0 aliphatic rings. The van der Waals surface area contributed by atoms with Gasteiger partial charge in [0.05, 0.1) is 12.0 Å². The van der Waals surface area contributed by atoms with Crippen molar-refractivity contribution in [3.05, 3.63) is 47.9 Å². The third kappa shape index (κ3) is 3.63. The number of methoxy groups -OCH3 is 1. The lowest BCUT2D eigenvalue weighted by molar-refractivity contribution is 0.373. The predicted octanol–water partition coefficient (Wildman–Crippen LogP) is 2.84. The number of fused-ring (bicyclic) bond motifs is 1. The first-order valence-corrected chi connectivity index (χ1v) is 9.18. The van der Waals surface area contributed by atoms with E-state index in [1.807, 2.05) is 19.0 Å². The molecule has 0 spiro atoms. The Labute approximate surface area is 150 Å². The number of halogens is 1. The van der Waals surface area contributed by atoms with Crippen LogP contribution in [0.3, 0.4) is 0 Å². The van der Waals surface area contributed by atoms with E-state index in [1.54, 1.807) is 18.2 Å². The Morgan fingerprint density at radius 3 is 2.65 bits per heavy atom. The third-order valence-electron chi connectivity index (χ3n) is 3.70. The van der Waals surface area contributed by atoms with Crippen LogP contribution < -0.4 is 9.46 Å². The molecule has 0 amide bonds. The van der Waals surface area contributed by atoms with Crippen LogP contribution in [0.2, 0.25) is 0 Å². The molecule has 1 N–H and O–H groups in total. The molecule has 0 atom stereocenters. The molecule has 9 heteroatoms. The van der Waals surface area contributed by atoms with Gasteiger partial charge in [-0.2, -0.15) is 0 Å². The molecule has 1 heterocycles. The highest BCUT2D eigenvalue weighted by molar-refractivity contribution is 7.92. The van der Waals surface area contributed by atoms with Gasteiger partial charge in [-0.05, 0) is 50.5 Å². The summed E-state index contributed by atoms with van der Waals surface area (Å²) in [5.41, 5.74) is 1.58. The molecule has 0 aliphatic heterocycles. The molecule has 7 nitrogen and oxygen atoms in total. The predicted molar refractivity (Wildman–Crippen MR) is 95.2 cm³/mol. The Hall–Kier alpha value is -2.65. The lowest BCUT2D eigenvalue weighted by Crippen LogP contribution is -2.13. The molecule has 0 fully saturated rings. The minimum atomic E-state index is -3.96. The summed E-state index contributed by atoms with van der Waals surface area (Å²) in [6.45, 7) is 0.549. The average Bonchev–Trinajstić information content (AvgIpc) is 2.96. The standard InChI is InChI=1S/C17H18FN3O4S/c1-21(2)10-15-13-8-11(4-6-16(13)25-19-15)20-26(22,23)12-5-7-17(24-3)14(18)9-12/h4-9,20H,10H2,1-3H3. The topological polar surface area (TPSA) is 84.7 Å². The molecular weight excluding hydrogens is 361 g/mol. The molecule has 3 rings (SSSR count).